The largest absolute Gasteiger partial charge is 0.496 e. The smallest absolute Gasteiger partial charge is 0.255 e. The van der Waals surface area contributed by atoms with Gasteiger partial charge in [-0.2, -0.15) is 0 Å². The van der Waals surface area contributed by atoms with Crippen molar-refractivity contribution in [1.82, 2.24) is 5.32 Å². The van der Waals surface area contributed by atoms with Gasteiger partial charge in [-0.05, 0) is 55.8 Å². The van der Waals surface area contributed by atoms with Gasteiger partial charge >= 0.3 is 0 Å². The Kier molecular flexibility index (Phi) is 6.29. The molecule has 3 rings (SSSR count). The van der Waals surface area contributed by atoms with Crippen molar-refractivity contribution in [3.8, 4) is 5.75 Å². The second kappa shape index (κ2) is 9.06. The molecule has 3 aromatic carbocycles. The van der Waals surface area contributed by atoms with Crippen LogP contribution >= 0.6 is 0 Å². The van der Waals surface area contributed by atoms with Crippen LogP contribution < -0.4 is 15.4 Å². The first-order valence-corrected chi connectivity index (χ1v) is 9.36. The molecule has 5 heteroatoms. The van der Waals surface area contributed by atoms with Gasteiger partial charge in [0.25, 0.3) is 11.8 Å². The van der Waals surface area contributed by atoms with Crippen molar-refractivity contribution in [2.24, 2.45) is 0 Å². The summed E-state index contributed by atoms with van der Waals surface area (Å²) in [6.07, 6.45) is 0. The summed E-state index contributed by atoms with van der Waals surface area (Å²) in [5, 5.41) is 5.78. The number of amides is 2. The van der Waals surface area contributed by atoms with Gasteiger partial charge in [-0.25, -0.2) is 0 Å². The van der Waals surface area contributed by atoms with Crippen LogP contribution in [-0.2, 0) is 6.54 Å². The SMILES string of the molecule is COc1ccccc1CNC(=O)c1ccc(C(=O)Nc2ccc(C)cc2C)cc1. The summed E-state index contributed by atoms with van der Waals surface area (Å²) in [5.41, 5.74) is 4.80. The minimum Gasteiger partial charge on any atom is -0.496 e. The number of hydrogen-bond donors (Lipinski definition) is 2. The molecule has 0 aliphatic rings. The van der Waals surface area contributed by atoms with Crippen molar-refractivity contribution in [2.45, 2.75) is 20.4 Å². The summed E-state index contributed by atoms with van der Waals surface area (Å²) in [7, 11) is 1.60. The van der Waals surface area contributed by atoms with E-state index < -0.39 is 0 Å². The topological polar surface area (TPSA) is 67.4 Å². The zero-order valence-electron chi connectivity index (χ0n) is 16.8. The molecule has 0 heterocycles. The minimum absolute atomic E-state index is 0.210. The van der Waals surface area contributed by atoms with E-state index in [4.69, 9.17) is 4.74 Å². The van der Waals surface area contributed by atoms with Crippen LogP contribution in [0.1, 0.15) is 37.4 Å². The molecule has 0 fully saturated rings. The quantitative estimate of drug-likeness (QED) is 0.654. The van der Waals surface area contributed by atoms with Crippen LogP contribution in [0.15, 0.2) is 66.7 Å². The van der Waals surface area contributed by atoms with E-state index in [1.54, 1.807) is 31.4 Å². The van der Waals surface area contributed by atoms with Crippen LogP contribution in [0.4, 0.5) is 5.69 Å². The van der Waals surface area contributed by atoms with Crippen LogP contribution in [-0.4, -0.2) is 18.9 Å². The van der Waals surface area contributed by atoms with Gasteiger partial charge in [-0.1, -0.05) is 35.9 Å². The van der Waals surface area contributed by atoms with Gasteiger partial charge in [0, 0.05) is 28.9 Å². The summed E-state index contributed by atoms with van der Waals surface area (Å²) < 4.78 is 5.29. The molecule has 0 atom stereocenters. The van der Waals surface area contributed by atoms with Crippen LogP contribution in [0.3, 0.4) is 0 Å². The van der Waals surface area contributed by atoms with Crippen molar-refractivity contribution in [1.29, 1.82) is 0 Å². The summed E-state index contributed by atoms with van der Waals surface area (Å²) in [4.78, 5) is 24.9. The van der Waals surface area contributed by atoms with E-state index in [2.05, 4.69) is 10.6 Å². The number of anilines is 1. The molecule has 0 unspecified atom stereocenters. The number of methoxy groups -OCH3 is 1. The number of carbonyl (C=O) groups is 2. The molecule has 3 aromatic rings. The maximum atomic E-state index is 12.5. The van der Waals surface area contributed by atoms with E-state index in [9.17, 15) is 9.59 Å². The average Bonchev–Trinajstić information content (AvgIpc) is 2.74. The molecule has 0 spiro atoms. The lowest BCUT2D eigenvalue weighted by molar-refractivity contribution is 0.0949. The van der Waals surface area contributed by atoms with Crippen molar-refractivity contribution >= 4 is 17.5 Å². The van der Waals surface area contributed by atoms with Gasteiger partial charge in [0.05, 0.1) is 7.11 Å². The van der Waals surface area contributed by atoms with E-state index in [1.165, 1.54) is 0 Å². The fourth-order valence-corrected chi connectivity index (χ4v) is 3.05. The van der Waals surface area contributed by atoms with Crippen molar-refractivity contribution < 1.29 is 14.3 Å². The number of hydrogen-bond acceptors (Lipinski definition) is 3. The molecule has 2 N–H and O–H groups in total. The van der Waals surface area contributed by atoms with E-state index in [-0.39, 0.29) is 11.8 Å². The van der Waals surface area contributed by atoms with Crippen LogP contribution in [0.2, 0.25) is 0 Å². The molecule has 0 saturated heterocycles. The molecule has 5 nitrogen and oxygen atoms in total. The van der Waals surface area contributed by atoms with Crippen LogP contribution in [0.25, 0.3) is 0 Å². The highest BCUT2D eigenvalue weighted by molar-refractivity contribution is 6.05. The van der Waals surface area contributed by atoms with Crippen molar-refractivity contribution in [3.05, 3.63) is 94.5 Å². The Bertz CT molecular complexity index is 1030. The Morgan fingerprint density at radius 1 is 0.862 bits per heavy atom. The third-order valence-corrected chi connectivity index (χ3v) is 4.67. The number of benzene rings is 3. The highest BCUT2D eigenvalue weighted by atomic mass is 16.5. The lowest BCUT2D eigenvalue weighted by atomic mass is 10.1. The molecule has 0 aliphatic heterocycles. The Morgan fingerprint density at radius 2 is 1.52 bits per heavy atom. The second-order valence-electron chi connectivity index (χ2n) is 6.84. The summed E-state index contributed by atoms with van der Waals surface area (Å²) in [5.74, 6) is 0.307. The van der Waals surface area contributed by atoms with Gasteiger partial charge in [-0.15, -0.1) is 0 Å². The van der Waals surface area contributed by atoms with E-state index in [0.717, 1.165) is 28.1 Å². The fraction of sp³-hybridized carbons (Fsp3) is 0.167. The molecule has 0 aromatic heterocycles. The molecule has 148 valence electrons. The lowest BCUT2D eigenvalue weighted by Crippen LogP contribution is -2.23. The molecule has 0 bridgehead atoms. The highest BCUT2D eigenvalue weighted by Crippen LogP contribution is 2.18. The maximum Gasteiger partial charge on any atom is 0.255 e. The van der Waals surface area contributed by atoms with Crippen LogP contribution in [0, 0.1) is 13.8 Å². The third-order valence-electron chi connectivity index (χ3n) is 4.67. The summed E-state index contributed by atoms with van der Waals surface area (Å²) in [6.45, 7) is 4.33. The van der Waals surface area contributed by atoms with E-state index in [0.29, 0.717) is 17.7 Å². The van der Waals surface area contributed by atoms with Gasteiger partial charge in [0.1, 0.15) is 5.75 Å². The third kappa shape index (κ3) is 5.02. The molecular weight excluding hydrogens is 364 g/mol. The van der Waals surface area contributed by atoms with Crippen molar-refractivity contribution in [3.63, 3.8) is 0 Å². The van der Waals surface area contributed by atoms with Gasteiger partial charge in [0.15, 0.2) is 0 Å². The Balaban J connectivity index is 1.63. The fourth-order valence-electron chi connectivity index (χ4n) is 3.05. The number of para-hydroxylation sites is 1. The molecule has 2 amide bonds. The Labute approximate surface area is 170 Å². The zero-order valence-corrected chi connectivity index (χ0v) is 16.8. The number of nitrogens with one attached hydrogen (secondary N) is 2. The number of ether oxygens (including phenoxy) is 1. The molecule has 0 aliphatic carbocycles. The second-order valence-corrected chi connectivity index (χ2v) is 6.84. The Morgan fingerprint density at radius 3 is 2.17 bits per heavy atom. The highest BCUT2D eigenvalue weighted by Gasteiger charge is 2.11. The average molecular weight is 388 g/mol. The predicted molar refractivity (Wildman–Crippen MR) is 114 cm³/mol. The number of rotatable bonds is 6. The van der Waals surface area contributed by atoms with Crippen molar-refractivity contribution in [2.75, 3.05) is 12.4 Å². The lowest BCUT2D eigenvalue weighted by Gasteiger charge is -2.11. The van der Waals surface area contributed by atoms with Gasteiger partial charge in [0.2, 0.25) is 0 Å². The normalized spacial score (nSPS) is 10.3. The molecule has 29 heavy (non-hydrogen) atoms. The molecule has 0 saturated carbocycles. The summed E-state index contributed by atoms with van der Waals surface area (Å²) in [6, 6.07) is 20.0. The Hall–Kier alpha value is -3.60. The summed E-state index contributed by atoms with van der Waals surface area (Å²) >= 11 is 0. The van der Waals surface area contributed by atoms with Gasteiger partial charge in [-0.3, -0.25) is 9.59 Å². The monoisotopic (exact) mass is 388 g/mol. The first-order valence-electron chi connectivity index (χ1n) is 9.36. The number of carbonyl (C=O) groups excluding carboxylic acids is 2. The number of aryl methyl sites for hydroxylation is 2. The van der Waals surface area contributed by atoms with E-state index in [1.807, 2.05) is 56.3 Å². The zero-order chi connectivity index (χ0) is 20.8. The first-order chi connectivity index (χ1) is 14.0. The minimum atomic E-state index is -0.211. The first kappa shape index (κ1) is 20.1. The standard InChI is InChI=1S/C24H24N2O3/c1-16-8-13-21(17(2)14-16)26-24(28)19-11-9-18(10-12-19)23(27)25-15-20-6-4-5-7-22(20)29-3/h4-14H,15H2,1-3H3,(H,25,27)(H,26,28). The van der Waals surface area contributed by atoms with Gasteiger partial charge < -0.3 is 15.4 Å². The molecule has 0 radical (unpaired) electrons. The molecular formula is C24H24N2O3. The maximum absolute atomic E-state index is 12.5. The van der Waals surface area contributed by atoms with Crippen LogP contribution in [0.5, 0.6) is 5.75 Å². The van der Waals surface area contributed by atoms with E-state index >= 15 is 0 Å². The predicted octanol–water partition coefficient (Wildman–Crippen LogP) is 4.49.